The molecule has 0 unspecified atom stereocenters. The fourth-order valence-corrected chi connectivity index (χ4v) is 2.17. The fraction of sp³-hybridized carbons (Fsp3) is 0.235. The lowest BCUT2D eigenvalue weighted by Crippen LogP contribution is -2.31. The quantitative estimate of drug-likeness (QED) is 0.668. The van der Waals surface area contributed by atoms with Crippen molar-refractivity contribution in [2.75, 3.05) is 5.32 Å². The van der Waals surface area contributed by atoms with E-state index < -0.39 is 22.8 Å². The molecule has 0 radical (unpaired) electrons. The van der Waals surface area contributed by atoms with Crippen LogP contribution in [0.25, 0.3) is 0 Å². The van der Waals surface area contributed by atoms with Gasteiger partial charge in [-0.3, -0.25) is 14.9 Å². The standard InChI is InChI=1S/C17H17FN2O4/c1-10-5-4-6-11(2)16(10)24-12(3)17(21)19-15-9-13(20(22)23)7-8-14(15)18/h4-9,12H,1-3H3,(H,19,21)/t12-/m0/s1. The number of carbonyl (C=O) groups is 1. The minimum absolute atomic E-state index is 0.258. The van der Waals surface area contributed by atoms with Gasteiger partial charge in [-0.25, -0.2) is 4.39 Å². The molecule has 0 aliphatic carbocycles. The number of hydrogen-bond donors (Lipinski definition) is 1. The van der Waals surface area contributed by atoms with Gasteiger partial charge in [0, 0.05) is 12.1 Å². The van der Waals surface area contributed by atoms with Crippen molar-refractivity contribution in [3.8, 4) is 5.75 Å². The highest BCUT2D eigenvalue weighted by atomic mass is 19.1. The molecule has 0 saturated heterocycles. The molecule has 0 aliphatic heterocycles. The Morgan fingerprint density at radius 1 is 1.25 bits per heavy atom. The van der Waals surface area contributed by atoms with E-state index in [1.807, 2.05) is 32.0 Å². The van der Waals surface area contributed by atoms with Gasteiger partial charge in [0.1, 0.15) is 11.6 Å². The number of nitrogens with one attached hydrogen (secondary N) is 1. The van der Waals surface area contributed by atoms with E-state index in [1.54, 1.807) is 0 Å². The van der Waals surface area contributed by atoms with Crippen LogP contribution in [0, 0.1) is 29.8 Å². The lowest BCUT2D eigenvalue weighted by molar-refractivity contribution is -0.384. The first-order valence-corrected chi connectivity index (χ1v) is 7.27. The number of amides is 1. The van der Waals surface area contributed by atoms with Crippen molar-refractivity contribution in [3.05, 3.63) is 63.5 Å². The molecule has 126 valence electrons. The second-order valence-corrected chi connectivity index (χ2v) is 5.39. The van der Waals surface area contributed by atoms with Gasteiger partial charge in [0.25, 0.3) is 11.6 Å². The maximum absolute atomic E-state index is 13.7. The van der Waals surface area contributed by atoms with E-state index in [9.17, 15) is 19.3 Å². The van der Waals surface area contributed by atoms with Crippen LogP contribution >= 0.6 is 0 Å². The van der Waals surface area contributed by atoms with Crippen molar-refractivity contribution in [1.82, 2.24) is 0 Å². The Balaban J connectivity index is 2.15. The van der Waals surface area contributed by atoms with Crippen molar-refractivity contribution in [3.63, 3.8) is 0 Å². The Bertz CT molecular complexity index is 772. The number of carbonyl (C=O) groups excluding carboxylic acids is 1. The van der Waals surface area contributed by atoms with Crippen molar-refractivity contribution in [1.29, 1.82) is 0 Å². The van der Waals surface area contributed by atoms with E-state index in [-0.39, 0.29) is 11.4 Å². The summed E-state index contributed by atoms with van der Waals surface area (Å²) in [4.78, 5) is 22.3. The Labute approximate surface area is 138 Å². The first kappa shape index (κ1) is 17.4. The number of para-hydroxylation sites is 1. The third-order valence-electron chi connectivity index (χ3n) is 3.49. The van der Waals surface area contributed by atoms with Gasteiger partial charge in [-0.1, -0.05) is 18.2 Å². The van der Waals surface area contributed by atoms with Crippen molar-refractivity contribution in [2.45, 2.75) is 26.9 Å². The first-order valence-electron chi connectivity index (χ1n) is 7.27. The summed E-state index contributed by atoms with van der Waals surface area (Å²) in [6.07, 6.45) is -0.900. The number of aryl methyl sites for hydroxylation is 2. The van der Waals surface area contributed by atoms with E-state index in [4.69, 9.17) is 4.74 Å². The van der Waals surface area contributed by atoms with Gasteiger partial charge < -0.3 is 10.1 Å². The predicted molar refractivity (Wildman–Crippen MR) is 87.7 cm³/mol. The molecule has 1 amide bonds. The van der Waals surface area contributed by atoms with Gasteiger partial charge >= 0.3 is 0 Å². The smallest absolute Gasteiger partial charge is 0.271 e. The fourth-order valence-electron chi connectivity index (χ4n) is 2.17. The molecule has 0 aromatic heterocycles. The van der Waals surface area contributed by atoms with Crippen LogP contribution in [0.3, 0.4) is 0 Å². The summed E-state index contributed by atoms with van der Waals surface area (Å²) in [5, 5.41) is 13.1. The Kier molecular flexibility index (Phi) is 5.13. The second kappa shape index (κ2) is 7.08. The summed E-state index contributed by atoms with van der Waals surface area (Å²) in [7, 11) is 0. The molecular weight excluding hydrogens is 315 g/mol. The number of nitro benzene ring substituents is 1. The van der Waals surface area contributed by atoms with Crippen molar-refractivity contribution in [2.24, 2.45) is 0 Å². The molecule has 2 rings (SSSR count). The molecule has 0 heterocycles. The average Bonchev–Trinajstić information content (AvgIpc) is 2.52. The highest BCUT2D eigenvalue weighted by Gasteiger charge is 2.19. The Morgan fingerprint density at radius 2 is 1.88 bits per heavy atom. The Hall–Kier alpha value is -2.96. The summed E-state index contributed by atoms with van der Waals surface area (Å²) in [5.41, 5.74) is 1.17. The molecule has 1 atom stereocenters. The zero-order chi connectivity index (χ0) is 17.9. The minimum Gasteiger partial charge on any atom is -0.480 e. The topological polar surface area (TPSA) is 81.5 Å². The van der Waals surface area contributed by atoms with Gasteiger partial charge in [-0.05, 0) is 38.0 Å². The SMILES string of the molecule is Cc1cccc(C)c1O[C@@H](C)C(=O)Nc1cc([N+](=O)[O-])ccc1F. The van der Waals surface area contributed by atoms with Crippen molar-refractivity contribution < 1.29 is 18.8 Å². The summed E-state index contributed by atoms with van der Waals surface area (Å²) in [6, 6.07) is 8.52. The van der Waals surface area contributed by atoms with Crippen LogP contribution in [0.4, 0.5) is 15.8 Å². The molecule has 2 aromatic rings. The molecule has 6 nitrogen and oxygen atoms in total. The Morgan fingerprint density at radius 3 is 2.46 bits per heavy atom. The van der Waals surface area contributed by atoms with Gasteiger partial charge in [0.2, 0.25) is 0 Å². The molecule has 0 saturated carbocycles. The molecule has 0 aliphatic rings. The number of halogens is 1. The van der Waals surface area contributed by atoms with Crippen LogP contribution in [-0.4, -0.2) is 16.9 Å². The van der Waals surface area contributed by atoms with E-state index in [0.29, 0.717) is 5.75 Å². The third-order valence-corrected chi connectivity index (χ3v) is 3.49. The summed E-state index contributed by atoms with van der Waals surface area (Å²) in [5.74, 6) is -0.773. The molecule has 2 aromatic carbocycles. The van der Waals surface area contributed by atoms with Crippen molar-refractivity contribution >= 4 is 17.3 Å². The largest absolute Gasteiger partial charge is 0.480 e. The highest BCUT2D eigenvalue weighted by molar-refractivity contribution is 5.94. The van der Waals surface area contributed by atoms with Gasteiger partial charge in [-0.15, -0.1) is 0 Å². The number of nitrogens with zero attached hydrogens (tertiary/aromatic N) is 1. The minimum atomic E-state index is -0.900. The normalized spacial score (nSPS) is 11.7. The molecule has 24 heavy (non-hydrogen) atoms. The molecular formula is C17H17FN2O4. The van der Waals surface area contributed by atoms with Crippen LogP contribution in [0.1, 0.15) is 18.1 Å². The first-order chi connectivity index (χ1) is 11.3. The number of hydrogen-bond acceptors (Lipinski definition) is 4. The van der Waals surface area contributed by atoms with Gasteiger partial charge in [0.15, 0.2) is 6.10 Å². The number of benzene rings is 2. The summed E-state index contributed by atoms with van der Waals surface area (Å²) in [6.45, 7) is 5.23. The zero-order valence-electron chi connectivity index (χ0n) is 13.5. The monoisotopic (exact) mass is 332 g/mol. The number of ether oxygens (including phenoxy) is 1. The maximum atomic E-state index is 13.7. The molecule has 0 spiro atoms. The second-order valence-electron chi connectivity index (χ2n) is 5.39. The van der Waals surface area contributed by atoms with Crippen LogP contribution in [-0.2, 0) is 4.79 Å². The maximum Gasteiger partial charge on any atom is 0.271 e. The van der Waals surface area contributed by atoms with Crippen LogP contribution in [0.5, 0.6) is 5.75 Å². The lowest BCUT2D eigenvalue weighted by Gasteiger charge is -2.18. The number of nitro groups is 1. The summed E-state index contributed by atoms with van der Waals surface area (Å²) >= 11 is 0. The number of anilines is 1. The van der Waals surface area contributed by atoms with E-state index >= 15 is 0 Å². The molecule has 0 bridgehead atoms. The van der Waals surface area contributed by atoms with E-state index in [1.165, 1.54) is 6.92 Å². The van der Waals surface area contributed by atoms with Crippen LogP contribution in [0.2, 0.25) is 0 Å². The van der Waals surface area contributed by atoms with Gasteiger partial charge in [-0.2, -0.15) is 0 Å². The number of rotatable bonds is 5. The molecule has 1 N–H and O–H groups in total. The van der Waals surface area contributed by atoms with Gasteiger partial charge in [0.05, 0.1) is 10.6 Å². The lowest BCUT2D eigenvalue weighted by atomic mass is 10.1. The average molecular weight is 332 g/mol. The van der Waals surface area contributed by atoms with Crippen LogP contribution < -0.4 is 10.1 Å². The third kappa shape index (κ3) is 3.87. The predicted octanol–water partition coefficient (Wildman–Crippen LogP) is 3.76. The van der Waals surface area contributed by atoms with Crippen LogP contribution in [0.15, 0.2) is 36.4 Å². The highest BCUT2D eigenvalue weighted by Crippen LogP contribution is 2.25. The summed E-state index contributed by atoms with van der Waals surface area (Å²) < 4.78 is 19.4. The molecule has 7 heteroatoms. The zero-order valence-corrected chi connectivity index (χ0v) is 13.5. The van der Waals surface area contributed by atoms with E-state index in [0.717, 1.165) is 29.3 Å². The number of non-ortho nitro benzene ring substituents is 1. The van der Waals surface area contributed by atoms with E-state index in [2.05, 4.69) is 5.32 Å². The molecule has 0 fully saturated rings.